The van der Waals surface area contributed by atoms with Crippen LogP contribution in [0.15, 0.2) is 65.6 Å². The minimum atomic E-state index is -3.48. The molecule has 3 rings (SSSR count). The highest BCUT2D eigenvalue weighted by Crippen LogP contribution is 2.24. The normalized spacial score (nSPS) is 17.5. The molecule has 1 fully saturated rings. The molecule has 4 nitrogen and oxygen atoms in total. The van der Waals surface area contributed by atoms with Gasteiger partial charge in [0.15, 0.2) is 0 Å². The van der Waals surface area contributed by atoms with E-state index in [1.165, 1.54) is 19.3 Å². The maximum Gasteiger partial charge on any atom is 0.240 e. The molecule has 0 saturated carbocycles. The molecule has 0 bridgehead atoms. The monoisotopic (exact) mass is 344 g/mol. The van der Waals surface area contributed by atoms with Gasteiger partial charge < -0.3 is 0 Å². The van der Waals surface area contributed by atoms with E-state index in [9.17, 15) is 8.42 Å². The topological polar surface area (TPSA) is 49.4 Å². The summed E-state index contributed by atoms with van der Waals surface area (Å²) in [6.45, 7) is 2.43. The van der Waals surface area contributed by atoms with E-state index in [0.717, 1.165) is 18.7 Å². The Kier molecular flexibility index (Phi) is 5.66. The Morgan fingerprint density at radius 3 is 2.08 bits per heavy atom. The van der Waals surface area contributed by atoms with Crippen molar-refractivity contribution in [3.05, 3.63) is 66.2 Å². The first-order valence-corrected chi connectivity index (χ1v) is 9.99. The summed E-state index contributed by atoms with van der Waals surface area (Å²) in [4.78, 5) is 2.71. The van der Waals surface area contributed by atoms with Crippen LogP contribution in [-0.4, -0.2) is 33.0 Å². The van der Waals surface area contributed by atoms with Crippen molar-refractivity contribution < 1.29 is 8.42 Å². The van der Waals surface area contributed by atoms with Crippen LogP contribution in [0.5, 0.6) is 0 Å². The van der Waals surface area contributed by atoms with E-state index in [1.54, 1.807) is 24.3 Å². The second-order valence-electron chi connectivity index (χ2n) is 6.19. The Balaban J connectivity index is 1.77. The standard InChI is InChI=1S/C19H24N2O2S/c22-24(23,18-12-6-2-7-13-18)20-16-19(17-10-4-1-5-11-17)21-14-8-3-9-15-21/h1-2,4-7,10-13,19-20H,3,8-9,14-16H2. The van der Waals surface area contributed by atoms with Gasteiger partial charge in [0, 0.05) is 12.6 Å². The van der Waals surface area contributed by atoms with E-state index >= 15 is 0 Å². The van der Waals surface area contributed by atoms with Gasteiger partial charge in [-0.2, -0.15) is 0 Å². The number of rotatable bonds is 6. The summed E-state index contributed by atoms with van der Waals surface area (Å²) in [5, 5.41) is 0. The van der Waals surface area contributed by atoms with Gasteiger partial charge in [0.2, 0.25) is 10.0 Å². The fourth-order valence-corrected chi connectivity index (χ4v) is 4.29. The van der Waals surface area contributed by atoms with Gasteiger partial charge in [0.05, 0.1) is 4.90 Å². The van der Waals surface area contributed by atoms with Crippen LogP contribution in [0.3, 0.4) is 0 Å². The van der Waals surface area contributed by atoms with Gasteiger partial charge >= 0.3 is 0 Å². The summed E-state index contributed by atoms with van der Waals surface area (Å²) in [5.74, 6) is 0. The summed E-state index contributed by atoms with van der Waals surface area (Å²) >= 11 is 0. The summed E-state index contributed by atoms with van der Waals surface area (Å²) in [6, 6.07) is 18.8. The average Bonchev–Trinajstić information content (AvgIpc) is 2.64. The van der Waals surface area contributed by atoms with Crippen molar-refractivity contribution >= 4 is 10.0 Å². The number of likely N-dealkylation sites (tertiary alicyclic amines) is 1. The summed E-state index contributed by atoms with van der Waals surface area (Å²) in [6.07, 6.45) is 3.61. The molecule has 1 unspecified atom stereocenters. The van der Waals surface area contributed by atoms with E-state index < -0.39 is 10.0 Å². The first-order valence-electron chi connectivity index (χ1n) is 8.50. The molecule has 128 valence electrons. The lowest BCUT2D eigenvalue weighted by Crippen LogP contribution is -2.40. The molecular weight excluding hydrogens is 320 g/mol. The third kappa shape index (κ3) is 4.23. The van der Waals surface area contributed by atoms with Crippen molar-refractivity contribution in [1.29, 1.82) is 0 Å². The number of hydrogen-bond donors (Lipinski definition) is 1. The Morgan fingerprint density at radius 2 is 1.46 bits per heavy atom. The van der Waals surface area contributed by atoms with Gasteiger partial charge in [0.25, 0.3) is 0 Å². The molecule has 5 heteroatoms. The second-order valence-corrected chi connectivity index (χ2v) is 7.96. The van der Waals surface area contributed by atoms with Gasteiger partial charge in [-0.05, 0) is 43.6 Å². The van der Waals surface area contributed by atoms with E-state index in [2.05, 4.69) is 21.8 Å². The van der Waals surface area contributed by atoms with Crippen LogP contribution in [-0.2, 0) is 10.0 Å². The maximum absolute atomic E-state index is 12.5. The number of piperidine rings is 1. The Bertz CT molecular complexity index is 726. The minimum Gasteiger partial charge on any atom is -0.295 e. The molecule has 2 aromatic rings. The van der Waals surface area contributed by atoms with Crippen molar-refractivity contribution in [3.8, 4) is 0 Å². The zero-order valence-electron chi connectivity index (χ0n) is 13.8. The van der Waals surface area contributed by atoms with Crippen LogP contribution in [0.25, 0.3) is 0 Å². The second kappa shape index (κ2) is 7.92. The fourth-order valence-electron chi connectivity index (χ4n) is 3.23. The molecule has 1 N–H and O–H groups in total. The van der Waals surface area contributed by atoms with Crippen molar-refractivity contribution in [3.63, 3.8) is 0 Å². The van der Waals surface area contributed by atoms with Crippen LogP contribution < -0.4 is 4.72 Å². The van der Waals surface area contributed by atoms with E-state index in [-0.39, 0.29) is 6.04 Å². The number of benzene rings is 2. The maximum atomic E-state index is 12.5. The number of hydrogen-bond acceptors (Lipinski definition) is 3. The lowest BCUT2D eigenvalue weighted by Gasteiger charge is -2.35. The molecule has 1 atom stereocenters. The van der Waals surface area contributed by atoms with Crippen LogP contribution in [0.1, 0.15) is 30.9 Å². The van der Waals surface area contributed by atoms with Gasteiger partial charge in [0.1, 0.15) is 0 Å². The first-order chi connectivity index (χ1) is 11.7. The molecular formula is C19H24N2O2S. The van der Waals surface area contributed by atoms with Gasteiger partial charge in [-0.1, -0.05) is 55.0 Å². The molecule has 1 aliphatic rings. The summed E-state index contributed by atoms with van der Waals surface area (Å²) < 4.78 is 27.8. The molecule has 1 saturated heterocycles. The molecule has 0 amide bonds. The highest BCUT2D eigenvalue weighted by atomic mass is 32.2. The smallest absolute Gasteiger partial charge is 0.240 e. The Labute approximate surface area is 144 Å². The predicted molar refractivity (Wildman–Crippen MR) is 96.2 cm³/mol. The highest BCUT2D eigenvalue weighted by Gasteiger charge is 2.24. The van der Waals surface area contributed by atoms with Crippen molar-refractivity contribution in [1.82, 2.24) is 9.62 Å². The lowest BCUT2D eigenvalue weighted by molar-refractivity contribution is 0.164. The highest BCUT2D eigenvalue weighted by molar-refractivity contribution is 7.89. The molecule has 0 aliphatic carbocycles. The van der Waals surface area contributed by atoms with Crippen molar-refractivity contribution in [2.24, 2.45) is 0 Å². The number of nitrogens with zero attached hydrogens (tertiary/aromatic N) is 1. The summed E-state index contributed by atoms with van der Waals surface area (Å²) in [5.41, 5.74) is 1.16. The van der Waals surface area contributed by atoms with E-state index in [0.29, 0.717) is 11.4 Å². The lowest BCUT2D eigenvalue weighted by atomic mass is 10.0. The minimum absolute atomic E-state index is 0.0741. The fraction of sp³-hybridized carbons (Fsp3) is 0.368. The third-order valence-corrected chi connectivity index (χ3v) is 5.98. The van der Waals surface area contributed by atoms with Crippen LogP contribution in [0, 0.1) is 0 Å². The van der Waals surface area contributed by atoms with E-state index in [1.807, 2.05) is 24.3 Å². The SMILES string of the molecule is O=S(=O)(NCC(c1ccccc1)N1CCCCC1)c1ccccc1. The van der Waals surface area contributed by atoms with Gasteiger partial charge in [-0.3, -0.25) is 4.90 Å². The molecule has 0 radical (unpaired) electrons. The van der Waals surface area contributed by atoms with Gasteiger partial charge in [-0.25, -0.2) is 13.1 Å². The zero-order valence-corrected chi connectivity index (χ0v) is 14.6. The van der Waals surface area contributed by atoms with Gasteiger partial charge in [-0.15, -0.1) is 0 Å². The number of nitrogens with one attached hydrogen (secondary N) is 1. The van der Waals surface area contributed by atoms with E-state index in [4.69, 9.17) is 0 Å². The largest absolute Gasteiger partial charge is 0.295 e. The molecule has 1 heterocycles. The third-order valence-electron chi connectivity index (χ3n) is 4.54. The molecule has 1 aliphatic heterocycles. The quantitative estimate of drug-likeness (QED) is 0.875. The Hall–Kier alpha value is -1.69. The van der Waals surface area contributed by atoms with Crippen molar-refractivity contribution in [2.75, 3.05) is 19.6 Å². The first kappa shape index (κ1) is 17.1. The van der Waals surface area contributed by atoms with Crippen molar-refractivity contribution in [2.45, 2.75) is 30.2 Å². The molecule has 2 aromatic carbocycles. The number of sulfonamides is 1. The molecule has 0 spiro atoms. The summed E-state index contributed by atoms with van der Waals surface area (Å²) in [7, 11) is -3.48. The Morgan fingerprint density at radius 1 is 0.875 bits per heavy atom. The van der Waals surface area contributed by atoms with Crippen LogP contribution >= 0.6 is 0 Å². The average molecular weight is 344 g/mol. The predicted octanol–water partition coefficient (Wildman–Crippen LogP) is 3.19. The zero-order chi connectivity index (χ0) is 16.8. The molecule has 24 heavy (non-hydrogen) atoms. The van der Waals surface area contributed by atoms with Crippen LogP contribution in [0.4, 0.5) is 0 Å². The molecule has 0 aromatic heterocycles. The van der Waals surface area contributed by atoms with Crippen LogP contribution in [0.2, 0.25) is 0 Å².